The molecule has 22 heavy (non-hydrogen) atoms. The number of imidazole rings is 1. The summed E-state index contributed by atoms with van der Waals surface area (Å²) in [6, 6.07) is 5.52. The van der Waals surface area contributed by atoms with Gasteiger partial charge in [0.15, 0.2) is 0 Å². The average Bonchev–Trinajstić information content (AvgIpc) is 2.91. The Hall–Kier alpha value is -2.28. The zero-order valence-corrected chi connectivity index (χ0v) is 12.8. The van der Waals surface area contributed by atoms with Crippen LogP contribution in [-0.4, -0.2) is 47.6 Å². The number of nitrogens with one attached hydrogen (secondary N) is 2. The van der Waals surface area contributed by atoms with E-state index in [2.05, 4.69) is 27.2 Å². The first-order valence-electron chi connectivity index (χ1n) is 7.36. The van der Waals surface area contributed by atoms with Gasteiger partial charge in [0.2, 0.25) is 0 Å². The monoisotopic (exact) mass is 303 g/mol. The van der Waals surface area contributed by atoms with Gasteiger partial charge in [0.1, 0.15) is 11.6 Å². The van der Waals surface area contributed by atoms with Crippen LogP contribution in [0.3, 0.4) is 0 Å². The van der Waals surface area contributed by atoms with Crippen molar-refractivity contribution in [2.75, 3.05) is 20.7 Å². The van der Waals surface area contributed by atoms with Crippen LogP contribution >= 0.6 is 0 Å². The van der Waals surface area contributed by atoms with Crippen molar-refractivity contribution >= 4 is 17.1 Å². The second-order valence-corrected chi connectivity index (χ2v) is 5.73. The summed E-state index contributed by atoms with van der Waals surface area (Å²) in [5.74, 6) is 1.70. The number of aromatic nitrogens is 2. The van der Waals surface area contributed by atoms with E-state index in [0.29, 0.717) is 0 Å². The molecule has 1 aromatic heterocycles. The van der Waals surface area contributed by atoms with Crippen molar-refractivity contribution in [2.45, 2.75) is 24.9 Å². The number of carbonyl (C=O) groups excluding carboxylic acids is 1. The van der Waals surface area contributed by atoms with Crippen molar-refractivity contribution in [3.8, 4) is 5.75 Å². The summed E-state index contributed by atoms with van der Waals surface area (Å²) in [6.45, 7) is 0.885. The van der Waals surface area contributed by atoms with Crippen LogP contribution in [0.2, 0.25) is 0 Å². The maximum absolute atomic E-state index is 11.1. The zero-order chi connectivity index (χ0) is 15.7. The molecule has 2 aromatic rings. The highest BCUT2D eigenvalue weighted by Crippen LogP contribution is 2.30. The van der Waals surface area contributed by atoms with Crippen molar-refractivity contribution in [3.05, 3.63) is 24.0 Å². The largest absolute Gasteiger partial charge is 0.497 e. The van der Waals surface area contributed by atoms with E-state index >= 15 is 0 Å². The third-order valence-corrected chi connectivity index (χ3v) is 4.24. The fraction of sp³-hybridized carbons (Fsp3) is 0.467. The molecule has 0 saturated carbocycles. The zero-order valence-electron chi connectivity index (χ0n) is 12.8. The minimum atomic E-state index is -0.470. The van der Waals surface area contributed by atoms with Crippen LogP contribution < -0.4 is 15.8 Å². The summed E-state index contributed by atoms with van der Waals surface area (Å²) < 4.78 is 5.24. The number of benzene rings is 1. The van der Waals surface area contributed by atoms with Gasteiger partial charge in [-0.15, -0.1) is 0 Å². The second-order valence-electron chi connectivity index (χ2n) is 5.73. The van der Waals surface area contributed by atoms with E-state index in [1.54, 1.807) is 7.11 Å². The van der Waals surface area contributed by atoms with Gasteiger partial charge >= 0.3 is 6.03 Å². The summed E-state index contributed by atoms with van der Waals surface area (Å²) in [5, 5.41) is 2.80. The van der Waals surface area contributed by atoms with Gasteiger partial charge < -0.3 is 20.8 Å². The van der Waals surface area contributed by atoms with E-state index in [0.717, 1.165) is 42.0 Å². The number of carbonyl (C=O) groups is 1. The van der Waals surface area contributed by atoms with E-state index in [4.69, 9.17) is 10.5 Å². The Labute approximate surface area is 128 Å². The lowest BCUT2D eigenvalue weighted by Crippen LogP contribution is -2.46. The van der Waals surface area contributed by atoms with Crippen LogP contribution in [0, 0.1) is 0 Å². The van der Waals surface area contributed by atoms with E-state index in [1.807, 2.05) is 18.2 Å². The number of H-pyrrole nitrogens is 1. The number of nitrogens with two attached hydrogens (primary N) is 1. The van der Waals surface area contributed by atoms with Crippen molar-refractivity contribution < 1.29 is 9.53 Å². The minimum absolute atomic E-state index is 0.0847. The van der Waals surface area contributed by atoms with E-state index in [1.165, 1.54) is 0 Å². The first-order valence-corrected chi connectivity index (χ1v) is 7.36. The Bertz CT molecular complexity index is 684. The SMILES string of the molecule is COc1ccc2nc(C3CC(NC(N)=O)CCN3C)[nH]c2c1. The second kappa shape index (κ2) is 5.84. The van der Waals surface area contributed by atoms with Gasteiger partial charge in [-0.05, 0) is 32.0 Å². The number of nitrogens with zero attached hydrogens (tertiary/aromatic N) is 2. The van der Waals surface area contributed by atoms with Crippen molar-refractivity contribution in [3.63, 3.8) is 0 Å². The van der Waals surface area contributed by atoms with Crippen LogP contribution in [-0.2, 0) is 0 Å². The molecule has 2 unspecified atom stereocenters. The van der Waals surface area contributed by atoms with Gasteiger partial charge in [0, 0.05) is 18.7 Å². The first kappa shape index (κ1) is 14.6. The third kappa shape index (κ3) is 2.85. The van der Waals surface area contributed by atoms with Gasteiger partial charge in [0.05, 0.1) is 24.2 Å². The highest BCUT2D eigenvalue weighted by molar-refractivity contribution is 5.77. The number of fused-ring (bicyclic) bond motifs is 1. The number of primary amides is 1. The van der Waals surface area contributed by atoms with E-state index in [9.17, 15) is 4.79 Å². The Morgan fingerprint density at radius 3 is 3.09 bits per heavy atom. The van der Waals surface area contributed by atoms with Crippen molar-refractivity contribution in [1.82, 2.24) is 20.2 Å². The summed E-state index contributed by atoms with van der Waals surface area (Å²) in [6.07, 6.45) is 1.68. The quantitative estimate of drug-likeness (QED) is 0.798. The third-order valence-electron chi connectivity index (χ3n) is 4.24. The lowest BCUT2D eigenvalue weighted by Gasteiger charge is -2.36. The lowest BCUT2D eigenvalue weighted by molar-refractivity contribution is 0.152. The van der Waals surface area contributed by atoms with Crippen LogP contribution in [0.1, 0.15) is 24.7 Å². The molecule has 7 heteroatoms. The van der Waals surface area contributed by atoms with Crippen molar-refractivity contribution in [2.24, 2.45) is 5.73 Å². The van der Waals surface area contributed by atoms with Crippen LogP contribution in [0.15, 0.2) is 18.2 Å². The number of rotatable bonds is 3. The van der Waals surface area contributed by atoms with Gasteiger partial charge in [-0.25, -0.2) is 9.78 Å². The normalized spacial score (nSPS) is 22.6. The number of hydrogen-bond acceptors (Lipinski definition) is 4. The standard InChI is InChI=1S/C15H21N5O2/c1-20-6-5-9(17-15(16)21)7-13(20)14-18-11-4-3-10(22-2)8-12(11)19-14/h3-4,8-9,13H,5-7H2,1-2H3,(H,18,19)(H3,16,17,21). The summed E-state index contributed by atoms with van der Waals surface area (Å²) >= 11 is 0. The van der Waals surface area contributed by atoms with Crippen LogP contribution in [0.4, 0.5) is 4.79 Å². The molecule has 4 N–H and O–H groups in total. The molecule has 1 aliphatic heterocycles. The molecule has 2 heterocycles. The van der Waals surface area contributed by atoms with E-state index < -0.39 is 6.03 Å². The number of amides is 2. The molecule has 0 spiro atoms. The molecule has 118 valence electrons. The smallest absolute Gasteiger partial charge is 0.312 e. The molecule has 2 atom stereocenters. The van der Waals surface area contributed by atoms with Crippen LogP contribution in [0.5, 0.6) is 5.75 Å². The fourth-order valence-electron chi connectivity index (χ4n) is 3.03. The van der Waals surface area contributed by atoms with Gasteiger partial charge in [0.25, 0.3) is 0 Å². The Balaban J connectivity index is 1.86. The summed E-state index contributed by atoms with van der Waals surface area (Å²) in [7, 11) is 3.71. The summed E-state index contributed by atoms with van der Waals surface area (Å²) in [4.78, 5) is 21.4. The predicted octanol–water partition coefficient (Wildman–Crippen LogP) is 1.38. The average molecular weight is 303 g/mol. The number of piperidine rings is 1. The molecular weight excluding hydrogens is 282 g/mol. The molecule has 1 saturated heterocycles. The van der Waals surface area contributed by atoms with Crippen molar-refractivity contribution in [1.29, 1.82) is 0 Å². The molecule has 1 fully saturated rings. The summed E-state index contributed by atoms with van der Waals surface area (Å²) in [5.41, 5.74) is 7.10. The minimum Gasteiger partial charge on any atom is -0.497 e. The molecule has 2 amide bonds. The number of ether oxygens (including phenoxy) is 1. The predicted molar refractivity (Wildman–Crippen MR) is 83.8 cm³/mol. The highest BCUT2D eigenvalue weighted by Gasteiger charge is 2.29. The van der Waals surface area contributed by atoms with E-state index in [-0.39, 0.29) is 12.1 Å². The molecule has 0 aliphatic carbocycles. The Morgan fingerprint density at radius 1 is 1.55 bits per heavy atom. The molecule has 1 aromatic carbocycles. The maximum Gasteiger partial charge on any atom is 0.312 e. The Morgan fingerprint density at radius 2 is 2.36 bits per heavy atom. The number of likely N-dealkylation sites (tertiary alicyclic amines) is 1. The topological polar surface area (TPSA) is 96.3 Å². The van der Waals surface area contributed by atoms with Gasteiger partial charge in [-0.1, -0.05) is 0 Å². The fourth-order valence-corrected chi connectivity index (χ4v) is 3.03. The first-order chi connectivity index (χ1) is 10.6. The number of aromatic amines is 1. The lowest BCUT2D eigenvalue weighted by atomic mass is 9.97. The molecular formula is C15H21N5O2. The molecule has 1 aliphatic rings. The van der Waals surface area contributed by atoms with Crippen LogP contribution in [0.25, 0.3) is 11.0 Å². The molecule has 3 rings (SSSR count). The molecule has 7 nitrogen and oxygen atoms in total. The number of hydrogen-bond donors (Lipinski definition) is 3. The molecule has 0 bridgehead atoms. The van der Waals surface area contributed by atoms with Gasteiger partial charge in [-0.2, -0.15) is 0 Å². The molecule has 0 radical (unpaired) electrons. The van der Waals surface area contributed by atoms with Gasteiger partial charge in [-0.3, -0.25) is 4.90 Å². The number of urea groups is 1. The maximum atomic E-state index is 11.1. The number of methoxy groups -OCH3 is 1. The highest BCUT2D eigenvalue weighted by atomic mass is 16.5. The Kier molecular flexibility index (Phi) is 3.89.